The lowest BCUT2D eigenvalue weighted by molar-refractivity contribution is -0.277. The van der Waals surface area contributed by atoms with Gasteiger partial charge in [0.2, 0.25) is 0 Å². The van der Waals surface area contributed by atoms with Crippen LogP contribution in [0.25, 0.3) is 0 Å². The number of rotatable bonds is 10. The van der Waals surface area contributed by atoms with Crippen molar-refractivity contribution in [3.8, 4) is 0 Å². The lowest BCUT2D eigenvalue weighted by atomic mass is 9.98. The van der Waals surface area contributed by atoms with Crippen LogP contribution >= 0.6 is 0 Å². The number of unbranched alkanes of at least 4 members (excludes halogenated alkanes) is 1. The fourth-order valence-electron chi connectivity index (χ4n) is 3.99. The highest BCUT2D eigenvalue weighted by atomic mass is 28.4. The number of benzene rings is 1. The van der Waals surface area contributed by atoms with E-state index in [1.54, 1.807) is 12.2 Å². The maximum atomic E-state index is 9.72. The molecule has 1 aromatic carbocycles. The van der Waals surface area contributed by atoms with Crippen LogP contribution in [0.5, 0.6) is 0 Å². The Morgan fingerprint density at radius 2 is 1.94 bits per heavy atom. The second-order valence-electron chi connectivity index (χ2n) is 11.1. The van der Waals surface area contributed by atoms with Crippen LogP contribution in [0.1, 0.15) is 58.8 Å². The number of aliphatic hydroxyl groups excluding tert-OH is 2. The van der Waals surface area contributed by atoms with Crippen molar-refractivity contribution in [3.05, 3.63) is 71.5 Å². The minimum atomic E-state index is -2.12. The zero-order valence-electron chi connectivity index (χ0n) is 22.6. The van der Waals surface area contributed by atoms with E-state index in [-0.39, 0.29) is 30.0 Å². The summed E-state index contributed by atoms with van der Waals surface area (Å²) in [6, 6.07) is 9.98. The quantitative estimate of drug-likeness (QED) is 0.302. The molecule has 1 saturated heterocycles. The molecule has 1 fully saturated rings. The van der Waals surface area contributed by atoms with Crippen molar-refractivity contribution in [1.29, 1.82) is 0 Å². The molecule has 1 aromatic rings. The first-order valence-corrected chi connectivity index (χ1v) is 16.0. The van der Waals surface area contributed by atoms with Gasteiger partial charge in [-0.1, -0.05) is 82.7 Å². The Labute approximate surface area is 217 Å². The Kier molecular flexibility index (Phi) is 10.1. The number of hydrogen-bond acceptors (Lipinski definition) is 6. The molecule has 2 heterocycles. The topological polar surface area (TPSA) is 77.4 Å². The zero-order valence-corrected chi connectivity index (χ0v) is 23.6. The highest BCUT2D eigenvalue weighted by Crippen LogP contribution is 2.42. The van der Waals surface area contributed by atoms with Crippen molar-refractivity contribution >= 4 is 8.32 Å². The van der Waals surface area contributed by atoms with Crippen LogP contribution in [0.3, 0.4) is 0 Å². The monoisotopic (exact) mass is 516 g/mol. The number of hydrogen-bond donors (Lipinski definition) is 2. The van der Waals surface area contributed by atoms with Gasteiger partial charge in [0, 0.05) is 5.56 Å². The molecular formula is C29H44O6Si. The Bertz CT molecular complexity index is 917. The van der Waals surface area contributed by atoms with Crippen LogP contribution in [0.4, 0.5) is 0 Å². The van der Waals surface area contributed by atoms with Crippen LogP contribution in [0.15, 0.2) is 66.0 Å². The van der Waals surface area contributed by atoms with Gasteiger partial charge >= 0.3 is 0 Å². The van der Waals surface area contributed by atoms with Gasteiger partial charge in [0.1, 0.15) is 11.9 Å². The number of ether oxygens (including phenoxy) is 3. The summed E-state index contributed by atoms with van der Waals surface area (Å²) >= 11 is 0. The molecule has 2 aliphatic rings. The summed E-state index contributed by atoms with van der Waals surface area (Å²) in [5.41, 5.74) is 2.01. The lowest BCUT2D eigenvalue weighted by Crippen LogP contribution is -2.55. The molecule has 0 unspecified atom stereocenters. The fraction of sp³-hybridized carbons (Fsp3) is 0.586. The van der Waals surface area contributed by atoms with E-state index in [2.05, 4.69) is 46.9 Å². The summed E-state index contributed by atoms with van der Waals surface area (Å²) < 4.78 is 26.0. The molecule has 7 heteroatoms. The maximum Gasteiger partial charge on any atom is 0.193 e. The smallest absolute Gasteiger partial charge is 0.193 e. The van der Waals surface area contributed by atoms with Crippen molar-refractivity contribution in [2.45, 2.75) is 95.8 Å². The van der Waals surface area contributed by atoms with Gasteiger partial charge in [-0.25, -0.2) is 0 Å². The van der Waals surface area contributed by atoms with Crippen LogP contribution in [0.2, 0.25) is 18.1 Å². The second-order valence-corrected chi connectivity index (χ2v) is 15.9. The standard InChI is InChI=1S/C29H44O6Si/c1-7-8-13-21(16-12-17-23(31)19-30)24-18-25(35-36(5,6)29(2,3)4)27-26(33-24)20-32-28(34-27)22-14-10-9-11-15-22/h9-12,14-18,23,25-28,30-31H,7-8,13,19-20H2,1-6H3/b17-12+,21-16+/t23-,25+,26+,27-,28+/m0/s1. The highest BCUT2D eigenvalue weighted by Gasteiger charge is 2.47. The molecule has 3 rings (SSSR count). The van der Waals surface area contributed by atoms with Crippen molar-refractivity contribution in [2.75, 3.05) is 13.2 Å². The van der Waals surface area contributed by atoms with Crippen molar-refractivity contribution in [1.82, 2.24) is 0 Å². The summed E-state index contributed by atoms with van der Waals surface area (Å²) in [6.45, 7) is 13.5. The molecule has 0 amide bonds. The van der Waals surface area contributed by atoms with E-state index in [1.807, 2.05) is 36.4 Å². The van der Waals surface area contributed by atoms with Crippen molar-refractivity contribution < 1.29 is 28.8 Å². The fourth-order valence-corrected chi connectivity index (χ4v) is 5.22. The molecule has 0 spiro atoms. The van der Waals surface area contributed by atoms with E-state index in [4.69, 9.17) is 23.7 Å². The normalized spacial score (nSPS) is 26.3. The van der Waals surface area contributed by atoms with Crippen molar-refractivity contribution in [2.24, 2.45) is 0 Å². The summed E-state index contributed by atoms with van der Waals surface area (Å²) in [4.78, 5) is 0. The molecular weight excluding hydrogens is 472 g/mol. The Balaban J connectivity index is 1.95. The molecule has 0 saturated carbocycles. The third kappa shape index (κ3) is 7.40. The number of allylic oxidation sites excluding steroid dienone is 3. The minimum Gasteiger partial charge on any atom is -0.485 e. The van der Waals surface area contributed by atoms with Gasteiger partial charge in [0.15, 0.2) is 20.7 Å². The second kappa shape index (κ2) is 12.7. The minimum absolute atomic E-state index is 0.0445. The third-order valence-electron chi connectivity index (χ3n) is 7.22. The van der Waals surface area contributed by atoms with Crippen LogP contribution in [-0.2, 0) is 18.6 Å². The molecule has 0 bridgehead atoms. The summed E-state index contributed by atoms with van der Waals surface area (Å²) in [5.74, 6) is 0.780. The number of fused-ring (bicyclic) bond motifs is 1. The maximum absolute atomic E-state index is 9.72. The van der Waals surface area contributed by atoms with E-state index in [0.717, 1.165) is 36.2 Å². The van der Waals surface area contributed by atoms with E-state index in [0.29, 0.717) is 6.61 Å². The average molecular weight is 517 g/mol. The van der Waals surface area contributed by atoms with E-state index >= 15 is 0 Å². The molecule has 2 aliphatic heterocycles. The first-order valence-electron chi connectivity index (χ1n) is 13.1. The Morgan fingerprint density at radius 3 is 2.58 bits per heavy atom. The summed E-state index contributed by atoms with van der Waals surface area (Å²) in [7, 11) is -2.12. The van der Waals surface area contributed by atoms with Gasteiger partial charge in [-0.2, -0.15) is 0 Å². The van der Waals surface area contributed by atoms with Crippen LogP contribution in [0, 0.1) is 0 Å². The SMILES string of the molecule is CCCC/C(=C\C=C\[C@H](O)CO)C1=C[C@@H](O[Si](C)(C)C(C)(C)C)[C@@H]2O[C@H](c3ccccc3)OC[C@H]2O1. The van der Waals surface area contributed by atoms with Gasteiger partial charge in [-0.15, -0.1) is 0 Å². The largest absolute Gasteiger partial charge is 0.485 e. The predicted octanol–water partition coefficient (Wildman–Crippen LogP) is 5.80. The van der Waals surface area contributed by atoms with Gasteiger partial charge < -0.3 is 28.8 Å². The number of aliphatic hydroxyl groups is 2. The molecule has 0 radical (unpaired) electrons. The third-order valence-corrected chi connectivity index (χ3v) is 11.7. The highest BCUT2D eigenvalue weighted by molar-refractivity contribution is 6.74. The van der Waals surface area contributed by atoms with Crippen LogP contribution < -0.4 is 0 Å². The molecule has 5 atom stereocenters. The molecule has 36 heavy (non-hydrogen) atoms. The molecule has 200 valence electrons. The molecule has 2 N–H and O–H groups in total. The van der Waals surface area contributed by atoms with Gasteiger partial charge in [-0.3, -0.25) is 0 Å². The summed E-state index contributed by atoms with van der Waals surface area (Å²) in [5, 5.41) is 18.9. The van der Waals surface area contributed by atoms with E-state index in [1.165, 1.54) is 0 Å². The predicted molar refractivity (Wildman–Crippen MR) is 145 cm³/mol. The molecule has 0 aromatic heterocycles. The van der Waals surface area contributed by atoms with E-state index < -0.39 is 20.7 Å². The van der Waals surface area contributed by atoms with Crippen LogP contribution in [-0.4, -0.2) is 56.2 Å². The van der Waals surface area contributed by atoms with Gasteiger partial charge in [0.05, 0.1) is 25.4 Å². The Morgan fingerprint density at radius 1 is 1.22 bits per heavy atom. The molecule has 0 aliphatic carbocycles. The summed E-state index contributed by atoms with van der Waals surface area (Å²) in [6.07, 6.45) is 8.09. The zero-order chi connectivity index (χ0) is 26.3. The van der Waals surface area contributed by atoms with Gasteiger partial charge in [0.25, 0.3) is 0 Å². The lowest BCUT2D eigenvalue weighted by Gasteiger charge is -2.47. The molecule has 6 nitrogen and oxygen atoms in total. The van der Waals surface area contributed by atoms with Crippen molar-refractivity contribution in [3.63, 3.8) is 0 Å². The van der Waals surface area contributed by atoms with E-state index in [9.17, 15) is 5.11 Å². The first kappa shape index (κ1) is 28.8. The first-order chi connectivity index (χ1) is 17.1. The van der Waals surface area contributed by atoms with Gasteiger partial charge in [-0.05, 0) is 42.6 Å². The Hall–Kier alpha value is -1.74. The average Bonchev–Trinajstić information content (AvgIpc) is 2.85.